The first kappa shape index (κ1) is 12.1. The molecule has 0 saturated carbocycles. The molecule has 5 heteroatoms. The molecule has 4 nitrogen and oxygen atoms in total. The van der Waals surface area contributed by atoms with Crippen LogP contribution in [0.1, 0.15) is 19.0 Å². The number of aromatic nitrogens is 2. The molecule has 2 N–H and O–H groups in total. The summed E-state index contributed by atoms with van der Waals surface area (Å²) in [6.45, 7) is 2.94. The number of nitrogens with two attached hydrogens (primary N) is 1. The van der Waals surface area contributed by atoms with E-state index >= 15 is 0 Å². The van der Waals surface area contributed by atoms with E-state index in [0.29, 0.717) is 11.0 Å². The number of nitrogens with zero attached hydrogens (tertiary/aromatic N) is 3. The summed E-state index contributed by atoms with van der Waals surface area (Å²) in [6.07, 6.45) is 2.69. The maximum Gasteiger partial charge on any atom is 0.0764 e. The fraction of sp³-hybridized carbons (Fsp3) is 0.600. The molecule has 0 aliphatic carbocycles. The summed E-state index contributed by atoms with van der Waals surface area (Å²) < 4.78 is 1.81. The van der Waals surface area contributed by atoms with Crippen LogP contribution in [0.4, 0.5) is 0 Å². The molecule has 0 amide bonds. The minimum absolute atomic E-state index is 0.351. The van der Waals surface area contributed by atoms with Crippen LogP contribution < -0.4 is 5.73 Å². The van der Waals surface area contributed by atoms with Crippen LogP contribution in [0.25, 0.3) is 0 Å². The highest BCUT2D eigenvalue weighted by molar-refractivity contribution is 7.80. The van der Waals surface area contributed by atoms with Crippen molar-refractivity contribution >= 4 is 17.2 Å². The highest BCUT2D eigenvalue weighted by atomic mass is 32.1. The van der Waals surface area contributed by atoms with Gasteiger partial charge in [0.05, 0.1) is 10.7 Å². The molecule has 1 heterocycles. The number of hydrogen-bond acceptors (Lipinski definition) is 3. The second-order valence-corrected chi connectivity index (χ2v) is 4.44. The Hall–Kier alpha value is -0.940. The molecule has 0 aliphatic rings. The third-order valence-corrected chi connectivity index (χ3v) is 2.60. The summed E-state index contributed by atoms with van der Waals surface area (Å²) in [7, 11) is 3.97. The van der Waals surface area contributed by atoms with E-state index in [9.17, 15) is 0 Å². The summed E-state index contributed by atoms with van der Waals surface area (Å²) in [5.41, 5.74) is 6.58. The van der Waals surface area contributed by atoms with Gasteiger partial charge in [-0.25, -0.2) is 0 Å². The number of rotatable bonds is 5. The van der Waals surface area contributed by atoms with Crippen LogP contribution in [0, 0.1) is 0 Å². The first-order valence-electron chi connectivity index (χ1n) is 4.96. The van der Waals surface area contributed by atoms with Crippen molar-refractivity contribution in [2.45, 2.75) is 25.9 Å². The Morgan fingerprint density at radius 2 is 2.40 bits per heavy atom. The van der Waals surface area contributed by atoms with E-state index in [1.807, 2.05) is 19.3 Å². The lowest BCUT2D eigenvalue weighted by Gasteiger charge is -2.23. The highest BCUT2D eigenvalue weighted by Crippen LogP contribution is 2.06. The third-order valence-electron chi connectivity index (χ3n) is 2.43. The van der Waals surface area contributed by atoms with Crippen molar-refractivity contribution in [2.75, 3.05) is 7.05 Å². The Morgan fingerprint density at radius 3 is 2.87 bits per heavy atom. The average molecular weight is 226 g/mol. The van der Waals surface area contributed by atoms with Crippen LogP contribution in [0.5, 0.6) is 0 Å². The molecule has 1 aromatic heterocycles. The quantitative estimate of drug-likeness (QED) is 0.758. The Bertz CT molecular complexity index is 334. The van der Waals surface area contributed by atoms with E-state index in [0.717, 1.165) is 18.7 Å². The highest BCUT2D eigenvalue weighted by Gasteiger charge is 2.11. The standard InChI is InChI=1S/C10H18N4S/c1-8(6-10(11)15)13(2)7-9-4-5-14(3)12-9/h4-5,8H,6-7H2,1-3H3,(H2,11,15). The predicted molar refractivity (Wildman–Crippen MR) is 65.5 cm³/mol. The van der Waals surface area contributed by atoms with Gasteiger partial charge in [-0.05, 0) is 20.0 Å². The van der Waals surface area contributed by atoms with Gasteiger partial charge in [0, 0.05) is 32.3 Å². The molecule has 0 spiro atoms. The van der Waals surface area contributed by atoms with Crippen molar-refractivity contribution in [3.63, 3.8) is 0 Å². The summed E-state index contributed by atoms with van der Waals surface area (Å²) in [4.78, 5) is 2.76. The molecule has 0 bridgehead atoms. The van der Waals surface area contributed by atoms with Gasteiger partial charge in [0.25, 0.3) is 0 Å². The maximum atomic E-state index is 5.51. The van der Waals surface area contributed by atoms with Crippen LogP contribution in [0.15, 0.2) is 12.3 Å². The summed E-state index contributed by atoms with van der Waals surface area (Å²) in [5, 5.41) is 4.32. The molecule has 0 aliphatic heterocycles. The minimum atomic E-state index is 0.351. The zero-order valence-corrected chi connectivity index (χ0v) is 10.3. The van der Waals surface area contributed by atoms with E-state index < -0.39 is 0 Å². The van der Waals surface area contributed by atoms with E-state index in [4.69, 9.17) is 18.0 Å². The molecule has 0 aromatic carbocycles. The van der Waals surface area contributed by atoms with E-state index in [2.05, 4.69) is 24.0 Å². The van der Waals surface area contributed by atoms with Gasteiger partial charge in [0.2, 0.25) is 0 Å². The van der Waals surface area contributed by atoms with Crippen molar-refractivity contribution in [2.24, 2.45) is 12.8 Å². The third kappa shape index (κ3) is 3.97. The maximum absolute atomic E-state index is 5.51. The van der Waals surface area contributed by atoms with Crippen molar-refractivity contribution in [3.05, 3.63) is 18.0 Å². The average Bonchev–Trinajstić information content (AvgIpc) is 2.50. The number of aryl methyl sites for hydroxylation is 1. The molecule has 84 valence electrons. The lowest BCUT2D eigenvalue weighted by atomic mass is 10.2. The number of hydrogen-bond donors (Lipinski definition) is 1. The van der Waals surface area contributed by atoms with Gasteiger partial charge in [-0.15, -0.1) is 0 Å². The molecular formula is C10H18N4S. The summed E-state index contributed by atoms with van der Waals surface area (Å²) >= 11 is 4.89. The summed E-state index contributed by atoms with van der Waals surface area (Å²) in [6, 6.07) is 2.37. The van der Waals surface area contributed by atoms with E-state index in [1.54, 1.807) is 4.68 Å². The Kier molecular flexibility index (Phi) is 4.23. The zero-order chi connectivity index (χ0) is 11.4. The van der Waals surface area contributed by atoms with Gasteiger partial charge in [0.15, 0.2) is 0 Å². The van der Waals surface area contributed by atoms with Crippen molar-refractivity contribution < 1.29 is 0 Å². The fourth-order valence-electron chi connectivity index (χ4n) is 1.41. The van der Waals surface area contributed by atoms with Gasteiger partial charge in [-0.3, -0.25) is 9.58 Å². The SMILES string of the molecule is CC(CC(N)=S)N(C)Cc1ccn(C)n1. The molecule has 1 unspecified atom stereocenters. The lowest BCUT2D eigenvalue weighted by molar-refractivity contribution is 0.251. The molecule has 15 heavy (non-hydrogen) atoms. The molecule has 0 fully saturated rings. The molecule has 0 saturated heterocycles. The van der Waals surface area contributed by atoms with Crippen LogP contribution in [-0.2, 0) is 13.6 Å². The molecule has 1 rings (SSSR count). The van der Waals surface area contributed by atoms with Crippen molar-refractivity contribution in [1.82, 2.24) is 14.7 Å². The smallest absolute Gasteiger partial charge is 0.0764 e. The Balaban J connectivity index is 2.47. The van der Waals surface area contributed by atoms with Crippen LogP contribution in [-0.4, -0.2) is 32.8 Å². The van der Waals surface area contributed by atoms with Crippen LogP contribution >= 0.6 is 12.2 Å². The second kappa shape index (κ2) is 5.23. The molecule has 1 atom stereocenters. The van der Waals surface area contributed by atoms with E-state index in [1.165, 1.54) is 0 Å². The second-order valence-electron chi connectivity index (χ2n) is 3.92. The van der Waals surface area contributed by atoms with Crippen LogP contribution in [0.3, 0.4) is 0 Å². The first-order valence-corrected chi connectivity index (χ1v) is 5.37. The molecular weight excluding hydrogens is 208 g/mol. The largest absolute Gasteiger partial charge is 0.393 e. The van der Waals surface area contributed by atoms with Gasteiger partial charge in [0.1, 0.15) is 0 Å². The van der Waals surface area contributed by atoms with Crippen LogP contribution in [0.2, 0.25) is 0 Å². The zero-order valence-electron chi connectivity index (χ0n) is 9.47. The first-order chi connectivity index (χ1) is 6.99. The topological polar surface area (TPSA) is 47.1 Å². The lowest BCUT2D eigenvalue weighted by Crippen LogP contribution is -2.32. The molecule has 1 aromatic rings. The van der Waals surface area contributed by atoms with Crippen molar-refractivity contribution in [3.8, 4) is 0 Å². The van der Waals surface area contributed by atoms with Crippen molar-refractivity contribution in [1.29, 1.82) is 0 Å². The number of thiocarbonyl (C=S) groups is 1. The fourth-order valence-corrected chi connectivity index (χ4v) is 1.65. The summed E-state index contributed by atoms with van der Waals surface area (Å²) in [5.74, 6) is 0. The van der Waals surface area contributed by atoms with Gasteiger partial charge >= 0.3 is 0 Å². The molecule has 0 radical (unpaired) electrons. The monoisotopic (exact) mass is 226 g/mol. The Labute approximate surface area is 96.1 Å². The van der Waals surface area contributed by atoms with Gasteiger partial charge in [-0.1, -0.05) is 12.2 Å². The van der Waals surface area contributed by atoms with Gasteiger partial charge < -0.3 is 5.73 Å². The van der Waals surface area contributed by atoms with Gasteiger partial charge in [-0.2, -0.15) is 5.10 Å². The predicted octanol–water partition coefficient (Wildman–Crippen LogP) is 0.917. The normalized spacial score (nSPS) is 13.1. The Morgan fingerprint density at radius 1 is 1.73 bits per heavy atom. The minimum Gasteiger partial charge on any atom is -0.393 e. The van der Waals surface area contributed by atoms with E-state index in [-0.39, 0.29) is 0 Å².